The molecular formula is C14H16N4O2S. The average molecular weight is 304 g/mol. The van der Waals surface area contributed by atoms with Crippen LogP contribution >= 0.6 is 0 Å². The highest BCUT2D eigenvalue weighted by Crippen LogP contribution is 2.24. The van der Waals surface area contributed by atoms with Crippen molar-refractivity contribution in [2.75, 3.05) is 12.3 Å². The van der Waals surface area contributed by atoms with Crippen molar-refractivity contribution < 1.29 is 8.42 Å². The largest absolute Gasteiger partial charge is 0.368 e. The Labute approximate surface area is 123 Å². The second kappa shape index (κ2) is 5.09. The van der Waals surface area contributed by atoms with E-state index >= 15 is 0 Å². The highest BCUT2D eigenvalue weighted by atomic mass is 32.2. The number of sulfonamides is 1. The summed E-state index contributed by atoms with van der Waals surface area (Å²) in [5, 5.41) is 0. The molecule has 0 atom stereocenters. The van der Waals surface area contributed by atoms with E-state index in [-0.39, 0.29) is 12.5 Å². The van der Waals surface area contributed by atoms with Gasteiger partial charge in [0.05, 0.1) is 17.1 Å². The van der Waals surface area contributed by atoms with Crippen LogP contribution in [0.25, 0.3) is 0 Å². The van der Waals surface area contributed by atoms with Crippen LogP contribution in [0.2, 0.25) is 0 Å². The van der Waals surface area contributed by atoms with Gasteiger partial charge in [-0.05, 0) is 31.0 Å². The van der Waals surface area contributed by atoms with Crippen molar-refractivity contribution >= 4 is 16.0 Å². The van der Waals surface area contributed by atoms with Crippen LogP contribution in [0.4, 0.5) is 5.95 Å². The number of benzene rings is 1. The molecule has 0 radical (unpaired) electrons. The smallest absolute Gasteiger partial charge is 0.243 e. The Balaban J connectivity index is 1.93. The van der Waals surface area contributed by atoms with E-state index in [4.69, 9.17) is 5.73 Å². The minimum Gasteiger partial charge on any atom is -0.368 e. The van der Waals surface area contributed by atoms with Crippen LogP contribution in [0.3, 0.4) is 0 Å². The van der Waals surface area contributed by atoms with Crippen molar-refractivity contribution in [2.45, 2.75) is 24.8 Å². The Morgan fingerprint density at radius 2 is 1.95 bits per heavy atom. The first-order valence-electron chi connectivity index (χ1n) is 6.64. The number of nitrogen functional groups attached to an aromatic ring is 1. The van der Waals surface area contributed by atoms with Crippen molar-refractivity contribution in [3.05, 3.63) is 47.3 Å². The van der Waals surface area contributed by atoms with E-state index in [2.05, 4.69) is 9.97 Å². The van der Waals surface area contributed by atoms with Gasteiger partial charge in [-0.2, -0.15) is 4.31 Å². The molecule has 0 spiro atoms. The van der Waals surface area contributed by atoms with Crippen molar-refractivity contribution in [1.29, 1.82) is 0 Å². The maximum absolute atomic E-state index is 12.6. The fourth-order valence-corrected chi connectivity index (χ4v) is 3.76. The first-order valence-corrected chi connectivity index (χ1v) is 8.08. The predicted molar refractivity (Wildman–Crippen MR) is 78.9 cm³/mol. The molecule has 7 heteroatoms. The van der Waals surface area contributed by atoms with Gasteiger partial charge in [0.2, 0.25) is 16.0 Å². The molecule has 3 rings (SSSR count). The maximum atomic E-state index is 12.6. The lowest BCUT2D eigenvalue weighted by Crippen LogP contribution is -2.36. The van der Waals surface area contributed by atoms with Gasteiger partial charge < -0.3 is 5.73 Å². The summed E-state index contributed by atoms with van der Waals surface area (Å²) in [6, 6.07) is 6.86. The molecule has 0 saturated heterocycles. The van der Waals surface area contributed by atoms with Crippen LogP contribution in [-0.2, 0) is 23.0 Å². The van der Waals surface area contributed by atoms with Gasteiger partial charge in [-0.3, -0.25) is 0 Å². The Hall–Kier alpha value is -1.99. The lowest BCUT2D eigenvalue weighted by Gasteiger charge is -2.27. The van der Waals surface area contributed by atoms with Gasteiger partial charge in [0.25, 0.3) is 0 Å². The first-order chi connectivity index (χ1) is 9.96. The molecule has 2 heterocycles. The fourth-order valence-electron chi connectivity index (χ4n) is 2.36. The topological polar surface area (TPSA) is 89.2 Å². The second-order valence-electron chi connectivity index (χ2n) is 5.10. The number of fused-ring (bicyclic) bond motifs is 1. The highest BCUT2D eigenvalue weighted by molar-refractivity contribution is 7.89. The SMILES string of the molecule is Cc1ccc(S(=O)(=O)N2CCc3cnc(N)nc3C2)cc1. The van der Waals surface area contributed by atoms with Gasteiger partial charge in [0.1, 0.15) is 0 Å². The van der Waals surface area contributed by atoms with Crippen LogP contribution in [0, 0.1) is 6.92 Å². The van der Waals surface area contributed by atoms with E-state index in [1.807, 2.05) is 6.92 Å². The zero-order chi connectivity index (χ0) is 15.0. The molecule has 1 aliphatic heterocycles. The molecule has 0 aliphatic carbocycles. The van der Waals surface area contributed by atoms with Gasteiger partial charge in [0, 0.05) is 12.7 Å². The van der Waals surface area contributed by atoms with E-state index in [1.165, 1.54) is 4.31 Å². The van der Waals surface area contributed by atoms with E-state index in [9.17, 15) is 8.42 Å². The summed E-state index contributed by atoms with van der Waals surface area (Å²) in [6.45, 7) is 2.59. The van der Waals surface area contributed by atoms with E-state index < -0.39 is 10.0 Å². The van der Waals surface area contributed by atoms with Crippen LogP contribution in [0.5, 0.6) is 0 Å². The lowest BCUT2D eigenvalue weighted by atomic mass is 10.1. The third kappa shape index (κ3) is 2.62. The summed E-state index contributed by atoms with van der Waals surface area (Å²) < 4.78 is 26.7. The van der Waals surface area contributed by atoms with Crippen LogP contribution in [0.1, 0.15) is 16.8 Å². The third-order valence-corrected chi connectivity index (χ3v) is 5.45. The van der Waals surface area contributed by atoms with Crippen molar-refractivity contribution in [2.24, 2.45) is 0 Å². The summed E-state index contributed by atoms with van der Waals surface area (Å²) in [5.41, 5.74) is 8.24. The molecule has 0 unspecified atom stereocenters. The molecule has 110 valence electrons. The van der Waals surface area contributed by atoms with Gasteiger partial charge in [0.15, 0.2) is 0 Å². The van der Waals surface area contributed by atoms with Gasteiger partial charge >= 0.3 is 0 Å². The number of aryl methyl sites for hydroxylation is 1. The molecule has 1 aromatic carbocycles. The number of nitrogens with two attached hydrogens (primary N) is 1. The molecule has 1 aromatic heterocycles. The van der Waals surface area contributed by atoms with Crippen molar-refractivity contribution in [3.8, 4) is 0 Å². The standard InChI is InChI=1S/C14H16N4O2S/c1-10-2-4-12(5-3-10)21(19,20)18-7-6-11-8-16-14(15)17-13(11)9-18/h2-5,8H,6-7,9H2,1H3,(H2,15,16,17). The Bertz CT molecular complexity index is 772. The molecule has 0 saturated carbocycles. The molecule has 0 amide bonds. The number of hydrogen-bond donors (Lipinski definition) is 1. The lowest BCUT2D eigenvalue weighted by molar-refractivity contribution is 0.385. The van der Waals surface area contributed by atoms with Crippen LogP contribution in [-0.4, -0.2) is 29.2 Å². The molecule has 0 fully saturated rings. The average Bonchev–Trinajstić information content (AvgIpc) is 2.47. The van der Waals surface area contributed by atoms with Gasteiger partial charge in [-0.25, -0.2) is 18.4 Å². The number of rotatable bonds is 2. The second-order valence-corrected chi connectivity index (χ2v) is 7.04. The molecule has 2 N–H and O–H groups in total. The molecule has 0 bridgehead atoms. The first kappa shape index (κ1) is 14.0. The predicted octanol–water partition coefficient (Wildman–Crippen LogP) is 1.11. The van der Waals surface area contributed by atoms with Crippen molar-refractivity contribution in [1.82, 2.24) is 14.3 Å². The van der Waals surface area contributed by atoms with E-state index in [0.29, 0.717) is 23.6 Å². The molecule has 2 aromatic rings. The summed E-state index contributed by atoms with van der Waals surface area (Å²) in [5.74, 6) is 0.170. The van der Waals surface area contributed by atoms with E-state index in [1.54, 1.807) is 30.5 Å². The monoisotopic (exact) mass is 304 g/mol. The zero-order valence-corrected chi connectivity index (χ0v) is 12.5. The Kier molecular flexibility index (Phi) is 3.38. The van der Waals surface area contributed by atoms with Gasteiger partial charge in [-0.15, -0.1) is 0 Å². The number of anilines is 1. The number of nitrogens with zero attached hydrogens (tertiary/aromatic N) is 3. The normalized spacial score (nSPS) is 15.7. The fraction of sp³-hybridized carbons (Fsp3) is 0.286. The molecule has 21 heavy (non-hydrogen) atoms. The Morgan fingerprint density at radius 1 is 1.24 bits per heavy atom. The number of aromatic nitrogens is 2. The zero-order valence-electron chi connectivity index (χ0n) is 11.7. The van der Waals surface area contributed by atoms with Crippen molar-refractivity contribution in [3.63, 3.8) is 0 Å². The number of hydrogen-bond acceptors (Lipinski definition) is 5. The summed E-state index contributed by atoms with van der Waals surface area (Å²) in [4.78, 5) is 8.40. The quantitative estimate of drug-likeness (QED) is 0.898. The molecule has 6 nitrogen and oxygen atoms in total. The minimum absolute atomic E-state index is 0.170. The van der Waals surface area contributed by atoms with Crippen LogP contribution in [0.15, 0.2) is 35.4 Å². The summed E-state index contributed by atoms with van der Waals surface area (Å²) in [7, 11) is -3.50. The Morgan fingerprint density at radius 3 is 2.67 bits per heavy atom. The molecular weight excluding hydrogens is 288 g/mol. The van der Waals surface area contributed by atoms with E-state index in [0.717, 1.165) is 11.1 Å². The minimum atomic E-state index is -3.50. The highest BCUT2D eigenvalue weighted by Gasteiger charge is 2.29. The van der Waals surface area contributed by atoms with Gasteiger partial charge in [-0.1, -0.05) is 17.7 Å². The molecule has 1 aliphatic rings. The summed E-state index contributed by atoms with van der Waals surface area (Å²) in [6.07, 6.45) is 2.27. The van der Waals surface area contributed by atoms with Crippen LogP contribution < -0.4 is 5.73 Å². The summed E-state index contributed by atoms with van der Waals surface area (Å²) >= 11 is 0. The third-order valence-electron chi connectivity index (χ3n) is 3.59. The maximum Gasteiger partial charge on any atom is 0.243 e.